The van der Waals surface area contributed by atoms with E-state index < -0.39 is 16.8 Å². The van der Waals surface area contributed by atoms with Gasteiger partial charge in [0.1, 0.15) is 5.82 Å². The van der Waals surface area contributed by atoms with Crippen LogP contribution in [0.4, 0.5) is 8.78 Å². The number of halogens is 2. The fraction of sp³-hybridized carbons (Fsp3) is 0.500. The zero-order chi connectivity index (χ0) is 17.5. The highest BCUT2D eigenvalue weighted by Crippen LogP contribution is 2.29. The third kappa shape index (κ3) is 3.14. The lowest BCUT2D eigenvalue weighted by Gasteiger charge is -2.36. The molecule has 2 N–H and O–H groups in total. The van der Waals surface area contributed by atoms with E-state index in [1.165, 1.54) is 4.31 Å². The number of nitrogens with zero attached hydrogens (tertiary/aromatic N) is 4. The summed E-state index contributed by atoms with van der Waals surface area (Å²) in [5, 5.41) is 5.12. The molecule has 132 valence electrons. The maximum absolute atomic E-state index is 13.5. The van der Waals surface area contributed by atoms with E-state index in [-0.39, 0.29) is 25.0 Å². The van der Waals surface area contributed by atoms with Gasteiger partial charge in [0.2, 0.25) is 0 Å². The summed E-state index contributed by atoms with van der Waals surface area (Å²) in [4.78, 5) is 6.29. The van der Waals surface area contributed by atoms with Crippen LogP contribution < -0.4 is 5.14 Å². The second-order valence-electron chi connectivity index (χ2n) is 5.76. The van der Waals surface area contributed by atoms with E-state index in [2.05, 4.69) is 4.98 Å². The molecule has 24 heavy (non-hydrogen) atoms. The molecule has 0 bridgehead atoms. The lowest BCUT2D eigenvalue weighted by molar-refractivity contribution is 0.0616. The molecule has 2 heterocycles. The summed E-state index contributed by atoms with van der Waals surface area (Å²) in [6.45, 7) is 0.386. The van der Waals surface area contributed by atoms with Crippen molar-refractivity contribution in [2.24, 2.45) is 5.14 Å². The minimum Gasteiger partial charge on any atom is -0.291 e. The van der Waals surface area contributed by atoms with Crippen molar-refractivity contribution in [1.29, 1.82) is 0 Å². The Morgan fingerprint density at radius 2 is 1.79 bits per heavy atom. The molecule has 0 amide bonds. The van der Waals surface area contributed by atoms with Crippen LogP contribution in [0.5, 0.6) is 0 Å². The fourth-order valence-electron chi connectivity index (χ4n) is 3.07. The van der Waals surface area contributed by atoms with Gasteiger partial charge in [-0.15, -0.1) is 0 Å². The van der Waals surface area contributed by atoms with Crippen LogP contribution in [-0.4, -0.2) is 53.4 Å². The number of aromatic nitrogens is 2. The van der Waals surface area contributed by atoms with Crippen LogP contribution in [0.3, 0.4) is 0 Å². The Balaban J connectivity index is 1.87. The molecular weight excluding hydrogens is 340 g/mol. The van der Waals surface area contributed by atoms with Gasteiger partial charge in [0, 0.05) is 26.2 Å². The molecule has 3 rings (SSSR count). The van der Waals surface area contributed by atoms with Crippen molar-refractivity contribution in [1.82, 2.24) is 18.8 Å². The van der Waals surface area contributed by atoms with Gasteiger partial charge >= 0.3 is 6.55 Å². The quantitative estimate of drug-likeness (QED) is 0.892. The van der Waals surface area contributed by atoms with Gasteiger partial charge in [-0.2, -0.15) is 21.5 Å². The number of para-hydroxylation sites is 2. The molecule has 0 aliphatic carbocycles. The van der Waals surface area contributed by atoms with E-state index in [1.54, 1.807) is 31.2 Å². The number of benzene rings is 1. The molecule has 1 fully saturated rings. The zero-order valence-electron chi connectivity index (χ0n) is 13.1. The zero-order valence-corrected chi connectivity index (χ0v) is 14.0. The number of hydrogen-bond acceptors (Lipinski definition) is 4. The lowest BCUT2D eigenvalue weighted by Crippen LogP contribution is -2.51. The number of nitrogens with two attached hydrogens (primary N) is 1. The van der Waals surface area contributed by atoms with Gasteiger partial charge in [-0.3, -0.25) is 9.47 Å². The Morgan fingerprint density at radius 3 is 2.38 bits per heavy atom. The highest BCUT2D eigenvalue weighted by Gasteiger charge is 2.30. The Labute approximate surface area is 138 Å². The third-order valence-corrected chi connectivity index (χ3v) is 5.46. The first-order chi connectivity index (χ1) is 11.3. The van der Waals surface area contributed by atoms with Crippen LogP contribution in [0, 0.1) is 0 Å². The van der Waals surface area contributed by atoms with Crippen molar-refractivity contribution in [3.05, 3.63) is 30.1 Å². The van der Waals surface area contributed by atoms with Crippen molar-refractivity contribution in [3.63, 3.8) is 0 Å². The molecule has 0 radical (unpaired) electrons. The predicted octanol–water partition coefficient (Wildman–Crippen LogP) is 1.31. The van der Waals surface area contributed by atoms with Crippen LogP contribution in [0.1, 0.15) is 25.3 Å². The van der Waals surface area contributed by atoms with Crippen LogP contribution in [0.25, 0.3) is 11.0 Å². The largest absolute Gasteiger partial charge is 0.320 e. The number of rotatable bonds is 4. The molecular formula is C14H19F2N5O2S. The summed E-state index contributed by atoms with van der Waals surface area (Å²) in [7, 11) is -3.72. The molecule has 0 spiro atoms. The number of imidazole rings is 1. The van der Waals surface area contributed by atoms with Crippen molar-refractivity contribution in [2.75, 3.05) is 26.2 Å². The van der Waals surface area contributed by atoms with Gasteiger partial charge in [0.15, 0.2) is 0 Å². The van der Waals surface area contributed by atoms with Crippen molar-refractivity contribution in [2.45, 2.75) is 19.5 Å². The van der Waals surface area contributed by atoms with E-state index in [4.69, 9.17) is 5.14 Å². The highest BCUT2D eigenvalue weighted by atomic mass is 32.2. The number of hydrogen-bond donors (Lipinski definition) is 1. The normalized spacial score (nSPS) is 19.2. The topological polar surface area (TPSA) is 84.5 Å². The molecule has 1 saturated heterocycles. The SMILES string of the molecule is CC(c1nc2ccccc2n1C(F)F)N1CCN(S(N)(=O)=O)CC1. The minimum absolute atomic E-state index is 0.234. The molecule has 1 aromatic carbocycles. The smallest absolute Gasteiger partial charge is 0.291 e. The first-order valence-electron chi connectivity index (χ1n) is 7.56. The predicted molar refractivity (Wildman–Crippen MR) is 85.7 cm³/mol. The van der Waals surface area contributed by atoms with Crippen molar-refractivity contribution < 1.29 is 17.2 Å². The highest BCUT2D eigenvalue weighted by molar-refractivity contribution is 7.86. The summed E-state index contributed by atoms with van der Waals surface area (Å²) in [5.74, 6) is 0.273. The molecule has 0 saturated carbocycles. The Hall–Kier alpha value is -1.62. The molecule has 1 atom stereocenters. The fourth-order valence-corrected chi connectivity index (χ4v) is 3.74. The second kappa shape index (κ2) is 6.36. The molecule has 1 unspecified atom stereocenters. The van der Waals surface area contributed by atoms with E-state index in [0.717, 1.165) is 4.57 Å². The average molecular weight is 359 g/mol. The van der Waals surface area contributed by atoms with E-state index >= 15 is 0 Å². The Morgan fingerprint density at radius 1 is 1.17 bits per heavy atom. The number of fused-ring (bicyclic) bond motifs is 1. The Kier molecular flexibility index (Phi) is 4.56. The molecule has 1 aliphatic rings. The van der Waals surface area contributed by atoms with Gasteiger partial charge in [-0.25, -0.2) is 10.1 Å². The number of piperazine rings is 1. The van der Waals surface area contributed by atoms with Crippen molar-refractivity contribution >= 4 is 21.2 Å². The maximum Gasteiger partial charge on any atom is 0.320 e. The van der Waals surface area contributed by atoms with Gasteiger partial charge in [0.05, 0.1) is 17.1 Å². The molecule has 1 aliphatic heterocycles. The second-order valence-corrected chi connectivity index (χ2v) is 7.31. The first-order valence-corrected chi connectivity index (χ1v) is 9.06. The van der Waals surface area contributed by atoms with Crippen LogP contribution >= 0.6 is 0 Å². The summed E-state index contributed by atoms with van der Waals surface area (Å²) >= 11 is 0. The van der Waals surface area contributed by atoms with E-state index in [9.17, 15) is 17.2 Å². The standard InChI is InChI=1S/C14H19F2N5O2S/c1-10(19-6-8-20(9-7-19)24(17,22)23)13-18-11-4-2-3-5-12(11)21(13)14(15)16/h2-5,10,14H,6-9H2,1H3,(H2,17,22,23). The molecule has 7 nitrogen and oxygen atoms in total. The first kappa shape index (κ1) is 17.2. The Bertz CT molecular complexity index is 831. The maximum atomic E-state index is 13.5. The average Bonchev–Trinajstić information content (AvgIpc) is 2.93. The minimum atomic E-state index is -3.72. The third-order valence-electron chi connectivity index (χ3n) is 4.37. The monoisotopic (exact) mass is 359 g/mol. The molecule has 1 aromatic heterocycles. The van der Waals surface area contributed by atoms with E-state index in [0.29, 0.717) is 24.1 Å². The van der Waals surface area contributed by atoms with Gasteiger partial charge in [-0.1, -0.05) is 12.1 Å². The lowest BCUT2D eigenvalue weighted by atomic mass is 10.2. The van der Waals surface area contributed by atoms with Crippen LogP contribution in [-0.2, 0) is 10.2 Å². The molecule has 2 aromatic rings. The van der Waals surface area contributed by atoms with Gasteiger partial charge in [-0.05, 0) is 19.1 Å². The van der Waals surface area contributed by atoms with Crippen molar-refractivity contribution in [3.8, 4) is 0 Å². The summed E-state index contributed by atoms with van der Waals surface area (Å²) in [6.07, 6.45) is 0. The van der Waals surface area contributed by atoms with Gasteiger partial charge < -0.3 is 0 Å². The van der Waals surface area contributed by atoms with Crippen LogP contribution in [0.15, 0.2) is 24.3 Å². The molecule has 10 heteroatoms. The summed E-state index contributed by atoms with van der Waals surface area (Å²) in [5.41, 5.74) is 0.903. The number of alkyl halides is 2. The summed E-state index contributed by atoms with van der Waals surface area (Å²) in [6, 6.07) is 6.40. The summed E-state index contributed by atoms with van der Waals surface area (Å²) < 4.78 is 51.9. The van der Waals surface area contributed by atoms with Gasteiger partial charge in [0.25, 0.3) is 10.2 Å². The van der Waals surface area contributed by atoms with E-state index in [1.807, 2.05) is 4.90 Å². The van der Waals surface area contributed by atoms with Crippen LogP contribution in [0.2, 0.25) is 0 Å².